The molecule has 0 radical (unpaired) electrons. The Morgan fingerprint density at radius 2 is 2.18 bits per heavy atom. The number of nitrogens with one attached hydrogen (secondary N) is 1. The van der Waals surface area contributed by atoms with E-state index in [0.717, 1.165) is 11.3 Å². The Morgan fingerprint density at radius 3 is 2.71 bits per heavy atom. The summed E-state index contributed by atoms with van der Waals surface area (Å²) in [5.41, 5.74) is 7.25. The summed E-state index contributed by atoms with van der Waals surface area (Å²) < 4.78 is 0. The van der Waals surface area contributed by atoms with Crippen molar-refractivity contribution in [3.63, 3.8) is 0 Å². The average molecular weight is 250 g/mol. The second-order valence-electron chi connectivity index (χ2n) is 4.46. The van der Waals surface area contributed by atoms with Crippen molar-refractivity contribution < 1.29 is 4.79 Å². The smallest absolute Gasteiger partial charge is 0.221 e. The molecule has 1 saturated heterocycles. The van der Waals surface area contributed by atoms with Crippen molar-refractivity contribution in [2.24, 2.45) is 5.73 Å². The lowest BCUT2D eigenvalue weighted by Crippen LogP contribution is -2.24. The third-order valence-corrected chi connectivity index (χ3v) is 4.39. The van der Waals surface area contributed by atoms with Gasteiger partial charge in [0.2, 0.25) is 5.91 Å². The maximum Gasteiger partial charge on any atom is 0.221 e. The van der Waals surface area contributed by atoms with Crippen LogP contribution in [0, 0.1) is 0 Å². The monoisotopic (exact) mass is 250 g/mol. The van der Waals surface area contributed by atoms with E-state index in [4.69, 9.17) is 5.73 Å². The van der Waals surface area contributed by atoms with Gasteiger partial charge in [0.05, 0.1) is 6.42 Å². The Hall–Kier alpha value is -1.16. The van der Waals surface area contributed by atoms with Crippen LogP contribution in [0.15, 0.2) is 24.3 Å². The minimum absolute atomic E-state index is 0.286. The predicted octanol–water partition coefficient (Wildman–Crippen LogP) is 2.02. The minimum Gasteiger partial charge on any atom is -0.381 e. The number of nitrogens with two attached hydrogens (primary N) is 1. The summed E-state index contributed by atoms with van der Waals surface area (Å²) in [4.78, 5) is 10.8. The Kier molecular flexibility index (Phi) is 3.94. The Morgan fingerprint density at radius 1 is 1.47 bits per heavy atom. The van der Waals surface area contributed by atoms with Gasteiger partial charge in [0.15, 0.2) is 0 Å². The van der Waals surface area contributed by atoms with Gasteiger partial charge < -0.3 is 11.1 Å². The van der Waals surface area contributed by atoms with E-state index < -0.39 is 0 Å². The number of primary amides is 1. The molecule has 0 aromatic heterocycles. The third kappa shape index (κ3) is 3.40. The first-order valence-electron chi connectivity index (χ1n) is 5.90. The van der Waals surface area contributed by atoms with Crippen molar-refractivity contribution in [1.29, 1.82) is 0 Å². The van der Waals surface area contributed by atoms with Gasteiger partial charge in [-0.2, -0.15) is 11.8 Å². The number of rotatable bonds is 4. The summed E-state index contributed by atoms with van der Waals surface area (Å²) >= 11 is 2.01. The highest BCUT2D eigenvalue weighted by atomic mass is 32.2. The van der Waals surface area contributed by atoms with Crippen LogP contribution in [0.4, 0.5) is 5.69 Å². The second kappa shape index (κ2) is 5.45. The van der Waals surface area contributed by atoms with Crippen molar-refractivity contribution in [1.82, 2.24) is 0 Å². The quantitative estimate of drug-likeness (QED) is 0.859. The van der Waals surface area contributed by atoms with Gasteiger partial charge in [-0.3, -0.25) is 4.79 Å². The molecule has 3 N–H and O–H groups in total. The number of carbonyl (C=O) groups excluding carboxylic acids is 1. The lowest BCUT2D eigenvalue weighted by atomic mass is 10.1. The largest absolute Gasteiger partial charge is 0.381 e. The molecule has 4 heteroatoms. The van der Waals surface area contributed by atoms with Crippen LogP contribution in [0.3, 0.4) is 0 Å². The summed E-state index contributed by atoms with van der Waals surface area (Å²) in [6, 6.07) is 8.52. The first kappa shape index (κ1) is 12.3. The van der Waals surface area contributed by atoms with E-state index in [0.29, 0.717) is 17.7 Å². The molecular weight excluding hydrogens is 232 g/mol. The zero-order chi connectivity index (χ0) is 12.3. The van der Waals surface area contributed by atoms with E-state index in [1.54, 1.807) is 0 Å². The van der Waals surface area contributed by atoms with Crippen molar-refractivity contribution >= 4 is 23.4 Å². The van der Waals surface area contributed by atoms with Gasteiger partial charge in [-0.05, 0) is 29.9 Å². The van der Waals surface area contributed by atoms with Crippen molar-refractivity contribution in [2.75, 3.05) is 11.1 Å². The van der Waals surface area contributed by atoms with Gasteiger partial charge in [-0.25, -0.2) is 0 Å². The highest BCUT2D eigenvalue weighted by molar-refractivity contribution is 8.00. The highest BCUT2D eigenvalue weighted by Crippen LogP contribution is 2.28. The van der Waals surface area contributed by atoms with E-state index in [1.807, 2.05) is 36.0 Å². The first-order chi connectivity index (χ1) is 8.15. The zero-order valence-corrected chi connectivity index (χ0v) is 10.8. The first-order valence-corrected chi connectivity index (χ1v) is 6.95. The lowest BCUT2D eigenvalue weighted by Gasteiger charge is -2.18. The predicted molar refractivity (Wildman–Crippen MR) is 73.3 cm³/mol. The molecule has 1 aliphatic heterocycles. The fraction of sp³-hybridized carbons (Fsp3) is 0.462. The number of hydrogen-bond acceptors (Lipinski definition) is 3. The number of anilines is 1. The zero-order valence-electron chi connectivity index (χ0n) is 9.98. The fourth-order valence-corrected chi connectivity index (χ4v) is 3.25. The third-order valence-electron chi connectivity index (χ3n) is 3.06. The summed E-state index contributed by atoms with van der Waals surface area (Å²) in [7, 11) is 0. The lowest BCUT2D eigenvalue weighted by molar-refractivity contribution is -0.117. The number of amides is 1. The number of benzene rings is 1. The van der Waals surface area contributed by atoms with E-state index in [9.17, 15) is 4.79 Å². The van der Waals surface area contributed by atoms with E-state index in [2.05, 4.69) is 12.2 Å². The van der Waals surface area contributed by atoms with Crippen molar-refractivity contribution in [2.45, 2.75) is 31.1 Å². The molecule has 1 aromatic carbocycles. The van der Waals surface area contributed by atoms with Crippen molar-refractivity contribution in [3.05, 3.63) is 29.8 Å². The van der Waals surface area contributed by atoms with Gasteiger partial charge in [-0.1, -0.05) is 19.1 Å². The van der Waals surface area contributed by atoms with Crippen LogP contribution in [0.2, 0.25) is 0 Å². The molecule has 0 aliphatic carbocycles. The van der Waals surface area contributed by atoms with Crippen LogP contribution in [0.25, 0.3) is 0 Å². The SMILES string of the molecule is CC1SCCC1Nc1ccc(CC(N)=O)cc1. The Labute approximate surface area is 106 Å². The molecule has 3 nitrogen and oxygen atoms in total. The molecule has 0 bridgehead atoms. The molecule has 2 atom stereocenters. The van der Waals surface area contributed by atoms with Crippen LogP contribution >= 0.6 is 11.8 Å². The number of thioether (sulfide) groups is 1. The Bertz CT molecular complexity index is 391. The van der Waals surface area contributed by atoms with Gasteiger partial charge >= 0.3 is 0 Å². The van der Waals surface area contributed by atoms with E-state index in [1.165, 1.54) is 12.2 Å². The molecule has 17 heavy (non-hydrogen) atoms. The summed E-state index contributed by atoms with van der Waals surface area (Å²) in [5.74, 6) is 0.949. The topological polar surface area (TPSA) is 55.1 Å². The number of carbonyl (C=O) groups is 1. The molecular formula is C13H18N2OS. The maximum absolute atomic E-state index is 10.8. The summed E-state index contributed by atoms with van der Waals surface area (Å²) in [6.45, 7) is 2.26. The summed E-state index contributed by atoms with van der Waals surface area (Å²) in [6.07, 6.45) is 1.53. The normalized spacial score (nSPS) is 23.6. The van der Waals surface area contributed by atoms with Crippen LogP contribution in [0.5, 0.6) is 0 Å². The van der Waals surface area contributed by atoms with Gasteiger partial charge in [0.25, 0.3) is 0 Å². The summed E-state index contributed by atoms with van der Waals surface area (Å²) in [5, 5.41) is 4.20. The standard InChI is InChI=1S/C13H18N2OS/c1-9-12(6-7-17-9)15-11-4-2-10(3-5-11)8-13(14)16/h2-5,9,12,15H,6-8H2,1H3,(H2,14,16). The van der Waals surface area contributed by atoms with Crippen molar-refractivity contribution in [3.8, 4) is 0 Å². The van der Waals surface area contributed by atoms with Crippen LogP contribution in [-0.2, 0) is 11.2 Å². The van der Waals surface area contributed by atoms with E-state index in [-0.39, 0.29) is 5.91 Å². The molecule has 1 amide bonds. The van der Waals surface area contributed by atoms with Gasteiger partial charge in [0, 0.05) is 17.0 Å². The molecule has 1 fully saturated rings. The van der Waals surface area contributed by atoms with Crippen LogP contribution in [0.1, 0.15) is 18.9 Å². The molecule has 1 aromatic rings. The van der Waals surface area contributed by atoms with Gasteiger partial charge in [-0.15, -0.1) is 0 Å². The van der Waals surface area contributed by atoms with E-state index >= 15 is 0 Å². The Balaban J connectivity index is 1.95. The second-order valence-corrected chi connectivity index (χ2v) is 5.94. The average Bonchev–Trinajstić information content (AvgIpc) is 2.67. The molecule has 0 spiro atoms. The molecule has 2 unspecified atom stereocenters. The minimum atomic E-state index is -0.286. The fourth-order valence-electron chi connectivity index (χ4n) is 2.06. The van der Waals surface area contributed by atoms with Crippen LogP contribution in [-0.4, -0.2) is 23.0 Å². The molecule has 1 aliphatic rings. The molecule has 2 rings (SSSR count). The molecule has 0 saturated carbocycles. The van der Waals surface area contributed by atoms with Crippen LogP contribution < -0.4 is 11.1 Å². The molecule has 1 heterocycles. The number of hydrogen-bond donors (Lipinski definition) is 2. The highest BCUT2D eigenvalue weighted by Gasteiger charge is 2.23. The van der Waals surface area contributed by atoms with Gasteiger partial charge in [0.1, 0.15) is 0 Å². The molecule has 92 valence electrons. The maximum atomic E-state index is 10.8.